The lowest BCUT2D eigenvalue weighted by Gasteiger charge is -2.01. The summed E-state index contributed by atoms with van der Waals surface area (Å²) in [5.74, 6) is -1.08. The first kappa shape index (κ1) is 12.6. The molecule has 0 aliphatic heterocycles. The second kappa shape index (κ2) is 5.18. The summed E-state index contributed by atoms with van der Waals surface area (Å²) in [6, 6.07) is 6.07. The SMILES string of the molecule is CCOC(=O)c1nn(-c2ccccc2F)cc1Cl. The molecule has 0 spiro atoms. The van der Waals surface area contributed by atoms with Crippen LogP contribution in [-0.2, 0) is 4.74 Å². The molecule has 94 valence electrons. The van der Waals surface area contributed by atoms with Crippen LogP contribution in [0.25, 0.3) is 5.69 Å². The van der Waals surface area contributed by atoms with E-state index in [4.69, 9.17) is 16.3 Å². The van der Waals surface area contributed by atoms with E-state index >= 15 is 0 Å². The van der Waals surface area contributed by atoms with Gasteiger partial charge in [-0.3, -0.25) is 0 Å². The minimum absolute atomic E-state index is 0.0261. The van der Waals surface area contributed by atoms with Gasteiger partial charge >= 0.3 is 5.97 Å². The van der Waals surface area contributed by atoms with Gasteiger partial charge in [-0.25, -0.2) is 13.9 Å². The van der Waals surface area contributed by atoms with E-state index in [-0.39, 0.29) is 23.0 Å². The van der Waals surface area contributed by atoms with Crippen molar-refractivity contribution in [1.82, 2.24) is 9.78 Å². The average molecular weight is 269 g/mol. The Bertz CT molecular complexity index is 583. The first-order chi connectivity index (χ1) is 8.63. The molecule has 0 amide bonds. The third-order valence-corrected chi connectivity index (χ3v) is 2.51. The molecule has 4 nitrogen and oxygen atoms in total. The third-order valence-electron chi connectivity index (χ3n) is 2.24. The number of hydrogen-bond donors (Lipinski definition) is 0. The lowest BCUT2D eigenvalue weighted by Crippen LogP contribution is -2.07. The summed E-state index contributed by atoms with van der Waals surface area (Å²) in [7, 11) is 0. The predicted molar refractivity (Wildman–Crippen MR) is 64.5 cm³/mol. The van der Waals surface area contributed by atoms with Gasteiger partial charge in [0.2, 0.25) is 0 Å². The molecule has 18 heavy (non-hydrogen) atoms. The maximum atomic E-state index is 13.5. The van der Waals surface area contributed by atoms with Crippen molar-refractivity contribution in [3.05, 3.63) is 47.0 Å². The number of esters is 1. The van der Waals surface area contributed by atoms with Crippen LogP contribution < -0.4 is 0 Å². The van der Waals surface area contributed by atoms with E-state index in [0.29, 0.717) is 0 Å². The van der Waals surface area contributed by atoms with E-state index in [0.717, 1.165) is 0 Å². The van der Waals surface area contributed by atoms with Crippen LogP contribution in [0.5, 0.6) is 0 Å². The fourth-order valence-corrected chi connectivity index (χ4v) is 1.66. The number of hydrogen-bond acceptors (Lipinski definition) is 3. The Morgan fingerprint density at radius 2 is 2.22 bits per heavy atom. The van der Waals surface area contributed by atoms with Gasteiger partial charge < -0.3 is 4.74 Å². The van der Waals surface area contributed by atoms with Crippen LogP contribution in [0, 0.1) is 5.82 Å². The lowest BCUT2D eigenvalue weighted by molar-refractivity contribution is 0.0519. The highest BCUT2D eigenvalue weighted by molar-refractivity contribution is 6.33. The monoisotopic (exact) mass is 268 g/mol. The molecule has 0 atom stereocenters. The molecular formula is C12H10ClFN2O2. The van der Waals surface area contributed by atoms with Gasteiger partial charge in [0.1, 0.15) is 11.5 Å². The molecule has 0 unspecified atom stereocenters. The standard InChI is InChI=1S/C12H10ClFN2O2/c1-2-18-12(17)11-8(13)7-16(15-11)10-6-4-3-5-9(10)14/h3-7H,2H2,1H3. The number of aromatic nitrogens is 2. The summed E-state index contributed by atoms with van der Waals surface area (Å²) < 4.78 is 19.6. The van der Waals surface area contributed by atoms with E-state index in [1.807, 2.05) is 0 Å². The van der Waals surface area contributed by atoms with Crippen molar-refractivity contribution >= 4 is 17.6 Å². The van der Waals surface area contributed by atoms with Gasteiger partial charge in [0, 0.05) is 0 Å². The first-order valence-electron chi connectivity index (χ1n) is 5.30. The number of carbonyl (C=O) groups is 1. The average Bonchev–Trinajstić information content (AvgIpc) is 2.72. The topological polar surface area (TPSA) is 44.1 Å². The minimum Gasteiger partial charge on any atom is -0.461 e. The number of nitrogens with zero attached hydrogens (tertiary/aromatic N) is 2. The highest BCUT2D eigenvalue weighted by Crippen LogP contribution is 2.19. The molecule has 0 fully saturated rings. The number of para-hydroxylation sites is 1. The minimum atomic E-state index is -0.627. The Labute approximate surface area is 108 Å². The first-order valence-corrected chi connectivity index (χ1v) is 5.68. The molecule has 1 aromatic carbocycles. The van der Waals surface area contributed by atoms with Crippen LogP contribution >= 0.6 is 11.6 Å². The number of halogens is 2. The van der Waals surface area contributed by atoms with Crippen molar-refractivity contribution in [1.29, 1.82) is 0 Å². The van der Waals surface area contributed by atoms with Crippen LogP contribution in [0.15, 0.2) is 30.5 Å². The third kappa shape index (κ3) is 2.36. The van der Waals surface area contributed by atoms with Crippen molar-refractivity contribution in [2.45, 2.75) is 6.92 Å². The van der Waals surface area contributed by atoms with Crippen molar-refractivity contribution in [2.75, 3.05) is 6.61 Å². The Morgan fingerprint density at radius 1 is 1.50 bits per heavy atom. The van der Waals surface area contributed by atoms with Crippen LogP contribution in [-0.4, -0.2) is 22.4 Å². The van der Waals surface area contributed by atoms with Gasteiger partial charge in [-0.05, 0) is 19.1 Å². The molecular weight excluding hydrogens is 259 g/mol. The Morgan fingerprint density at radius 3 is 2.89 bits per heavy atom. The number of benzene rings is 1. The second-order valence-electron chi connectivity index (χ2n) is 3.44. The normalized spacial score (nSPS) is 10.4. The van der Waals surface area contributed by atoms with Crippen molar-refractivity contribution in [2.24, 2.45) is 0 Å². The molecule has 2 aromatic rings. The predicted octanol–water partition coefficient (Wildman–Crippen LogP) is 2.84. The Kier molecular flexibility index (Phi) is 3.62. The van der Waals surface area contributed by atoms with Crippen molar-refractivity contribution in [3.63, 3.8) is 0 Å². The van der Waals surface area contributed by atoms with E-state index in [1.165, 1.54) is 23.0 Å². The van der Waals surface area contributed by atoms with Gasteiger partial charge in [-0.2, -0.15) is 5.10 Å². The molecule has 1 heterocycles. The maximum absolute atomic E-state index is 13.5. The zero-order chi connectivity index (χ0) is 13.1. The molecule has 2 rings (SSSR count). The zero-order valence-electron chi connectivity index (χ0n) is 9.56. The molecule has 0 aliphatic rings. The maximum Gasteiger partial charge on any atom is 0.360 e. The van der Waals surface area contributed by atoms with Gasteiger partial charge in [0.15, 0.2) is 5.69 Å². The van der Waals surface area contributed by atoms with Gasteiger partial charge in [0.25, 0.3) is 0 Å². The molecule has 0 aliphatic carbocycles. The molecule has 1 aromatic heterocycles. The van der Waals surface area contributed by atoms with Gasteiger partial charge in [-0.1, -0.05) is 23.7 Å². The Balaban J connectivity index is 2.41. The van der Waals surface area contributed by atoms with E-state index < -0.39 is 11.8 Å². The van der Waals surface area contributed by atoms with E-state index in [1.54, 1.807) is 19.1 Å². The molecule has 0 saturated carbocycles. The van der Waals surface area contributed by atoms with Crippen LogP contribution in [0.3, 0.4) is 0 Å². The molecule has 0 bridgehead atoms. The van der Waals surface area contributed by atoms with Crippen molar-refractivity contribution < 1.29 is 13.9 Å². The van der Waals surface area contributed by atoms with Crippen LogP contribution in [0.2, 0.25) is 5.02 Å². The highest BCUT2D eigenvalue weighted by atomic mass is 35.5. The lowest BCUT2D eigenvalue weighted by atomic mass is 10.3. The van der Waals surface area contributed by atoms with E-state index in [2.05, 4.69) is 5.10 Å². The number of rotatable bonds is 3. The molecule has 0 saturated heterocycles. The van der Waals surface area contributed by atoms with Crippen LogP contribution in [0.1, 0.15) is 17.4 Å². The smallest absolute Gasteiger partial charge is 0.360 e. The summed E-state index contributed by atoms with van der Waals surface area (Å²) in [6.45, 7) is 1.90. The summed E-state index contributed by atoms with van der Waals surface area (Å²) >= 11 is 5.87. The number of ether oxygens (including phenoxy) is 1. The summed E-state index contributed by atoms with van der Waals surface area (Å²) in [6.07, 6.45) is 1.37. The fourth-order valence-electron chi connectivity index (χ4n) is 1.45. The fraction of sp³-hybridized carbons (Fsp3) is 0.167. The number of carbonyl (C=O) groups excluding carboxylic acids is 1. The highest BCUT2D eigenvalue weighted by Gasteiger charge is 2.18. The molecule has 0 N–H and O–H groups in total. The van der Waals surface area contributed by atoms with Gasteiger partial charge in [-0.15, -0.1) is 0 Å². The molecule has 0 radical (unpaired) electrons. The van der Waals surface area contributed by atoms with Crippen LogP contribution in [0.4, 0.5) is 4.39 Å². The zero-order valence-corrected chi connectivity index (χ0v) is 10.3. The van der Waals surface area contributed by atoms with Crippen molar-refractivity contribution in [3.8, 4) is 5.69 Å². The largest absolute Gasteiger partial charge is 0.461 e. The summed E-state index contributed by atoms with van der Waals surface area (Å²) in [5, 5.41) is 4.05. The molecule has 6 heteroatoms. The Hall–Kier alpha value is -1.88. The van der Waals surface area contributed by atoms with Gasteiger partial charge in [0.05, 0.1) is 17.8 Å². The second-order valence-corrected chi connectivity index (χ2v) is 3.85. The van der Waals surface area contributed by atoms with E-state index in [9.17, 15) is 9.18 Å². The summed E-state index contributed by atoms with van der Waals surface area (Å²) in [4.78, 5) is 11.5. The summed E-state index contributed by atoms with van der Waals surface area (Å²) in [5.41, 5.74) is 0.191. The quantitative estimate of drug-likeness (QED) is 0.804.